The van der Waals surface area contributed by atoms with Crippen LogP contribution in [0.25, 0.3) is 95.5 Å². The number of nitrogens with zero attached hydrogens (tertiary/aromatic N) is 4. The van der Waals surface area contributed by atoms with E-state index < -0.39 is 0 Å². The number of rotatable bonds is 9. The Kier molecular flexibility index (Phi) is 11.6. The van der Waals surface area contributed by atoms with Crippen molar-refractivity contribution in [2.24, 2.45) is 4.99 Å². The molecule has 0 saturated carbocycles. The zero-order chi connectivity index (χ0) is 40.3. The molecule has 292 valence electrons. The van der Waals surface area contributed by atoms with E-state index in [1.54, 1.807) is 0 Å². The standard InChI is InChI=1S/C55H44N4.H2S/c1-5-36(3)51-38(6-2)28-30-50-49(29-19-37(4)52(50)51)42-26-24-41(25-27-42)47-32-46(40-22-20-39(21-23-40)45-18-13-31-56-35-45)33-48(34-47)55-58-53(43-14-9-7-10-15-43)57-54(59-55)44-16-11-8-12-17-44;/h5-12,14-30,32-35H,2,13,31H2,1,3-4H3;1H2/b36-5-;. The number of allylic oxidation sites excluding steroid dienone is 3. The van der Waals surface area contributed by atoms with Crippen molar-refractivity contribution in [2.75, 3.05) is 6.54 Å². The van der Waals surface area contributed by atoms with E-state index in [0.29, 0.717) is 17.5 Å². The third-order valence-electron chi connectivity index (χ3n) is 11.3. The third-order valence-corrected chi connectivity index (χ3v) is 11.3. The molecule has 0 atom stereocenters. The molecule has 0 bridgehead atoms. The minimum Gasteiger partial charge on any atom is -0.292 e. The molecule has 1 aromatic heterocycles. The summed E-state index contributed by atoms with van der Waals surface area (Å²) in [5.74, 6) is 1.89. The molecular weight excluding hydrogens is 749 g/mol. The average molecular weight is 795 g/mol. The molecule has 0 fully saturated rings. The average Bonchev–Trinajstić information content (AvgIpc) is 3.31. The fraction of sp³-hybridized carbons (Fsp3) is 0.0909. The molecule has 0 spiro atoms. The Balaban J connectivity index is 0.00000499. The Bertz CT molecular complexity index is 2890. The molecule has 0 aliphatic carbocycles. The van der Waals surface area contributed by atoms with E-state index in [0.717, 1.165) is 57.5 Å². The Morgan fingerprint density at radius 1 is 0.567 bits per heavy atom. The fourth-order valence-electron chi connectivity index (χ4n) is 8.05. The number of fused-ring (bicyclic) bond motifs is 1. The summed E-state index contributed by atoms with van der Waals surface area (Å²) in [7, 11) is 0. The highest BCUT2D eigenvalue weighted by Gasteiger charge is 2.17. The van der Waals surface area contributed by atoms with Crippen molar-refractivity contribution in [3.8, 4) is 67.5 Å². The van der Waals surface area contributed by atoms with Crippen LogP contribution in [-0.4, -0.2) is 27.7 Å². The second-order valence-corrected chi connectivity index (χ2v) is 15.0. The van der Waals surface area contributed by atoms with Gasteiger partial charge < -0.3 is 0 Å². The van der Waals surface area contributed by atoms with E-state index in [4.69, 9.17) is 15.0 Å². The summed E-state index contributed by atoms with van der Waals surface area (Å²) in [5, 5.41) is 2.51. The second-order valence-electron chi connectivity index (χ2n) is 15.0. The van der Waals surface area contributed by atoms with Gasteiger partial charge in [-0.1, -0.05) is 158 Å². The normalized spacial score (nSPS) is 12.5. The summed E-state index contributed by atoms with van der Waals surface area (Å²) in [5.41, 5.74) is 16.8. The molecule has 0 amide bonds. The van der Waals surface area contributed by atoms with Gasteiger partial charge in [0, 0.05) is 29.4 Å². The number of aliphatic imine (C=N–C) groups is 1. The molecular formula is C55H46N4S. The minimum absolute atomic E-state index is 0. The van der Waals surface area contributed by atoms with Gasteiger partial charge in [-0.2, -0.15) is 13.5 Å². The van der Waals surface area contributed by atoms with E-state index >= 15 is 0 Å². The Labute approximate surface area is 360 Å². The van der Waals surface area contributed by atoms with Crippen molar-refractivity contribution < 1.29 is 0 Å². The molecule has 2 heterocycles. The van der Waals surface area contributed by atoms with Gasteiger partial charge in [-0.25, -0.2) is 15.0 Å². The first-order valence-electron chi connectivity index (χ1n) is 20.2. The number of aromatic nitrogens is 3. The zero-order valence-electron chi connectivity index (χ0n) is 34.2. The van der Waals surface area contributed by atoms with Crippen LogP contribution in [0.4, 0.5) is 0 Å². The summed E-state index contributed by atoms with van der Waals surface area (Å²) in [6, 6.07) is 53.6. The van der Waals surface area contributed by atoms with Gasteiger partial charge >= 0.3 is 0 Å². The second kappa shape index (κ2) is 17.5. The van der Waals surface area contributed by atoms with Crippen LogP contribution in [0.2, 0.25) is 0 Å². The number of hydrogen-bond donors (Lipinski definition) is 0. The molecule has 4 nitrogen and oxygen atoms in total. The maximum Gasteiger partial charge on any atom is 0.164 e. The van der Waals surface area contributed by atoms with Gasteiger partial charge in [0.05, 0.1) is 0 Å². The number of benzene rings is 7. The van der Waals surface area contributed by atoms with Crippen molar-refractivity contribution in [3.63, 3.8) is 0 Å². The zero-order valence-corrected chi connectivity index (χ0v) is 35.2. The SMILES string of the molecule is C=Cc1ccc2c(-c3ccc(-c4cc(-c5ccc(C6=CCCN=C6)cc5)cc(-c5nc(-c6ccccc6)nc(-c6ccccc6)n5)c4)cc3)ccc(C)c2c1/C(C)=C\C.S. The van der Waals surface area contributed by atoms with Crippen LogP contribution < -0.4 is 0 Å². The van der Waals surface area contributed by atoms with Gasteiger partial charge in [0.15, 0.2) is 17.5 Å². The topological polar surface area (TPSA) is 51.0 Å². The quantitative estimate of drug-likeness (QED) is 0.146. The number of dihydropyridines is 1. The van der Waals surface area contributed by atoms with Gasteiger partial charge in [0.1, 0.15) is 0 Å². The summed E-state index contributed by atoms with van der Waals surface area (Å²) < 4.78 is 0. The van der Waals surface area contributed by atoms with Crippen molar-refractivity contribution >= 4 is 47.7 Å². The molecule has 1 aliphatic heterocycles. The molecule has 7 aromatic carbocycles. The molecule has 0 saturated heterocycles. The predicted molar refractivity (Wildman–Crippen MR) is 260 cm³/mol. The van der Waals surface area contributed by atoms with E-state index in [1.165, 1.54) is 49.7 Å². The van der Waals surface area contributed by atoms with Crippen LogP contribution in [-0.2, 0) is 0 Å². The fourth-order valence-corrected chi connectivity index (χ4v) is 8.05. The lowest BCUT2D eigenvalue weighted by Crippen LogP contribution is -2.00. The van der Waals surface area contributed by atoms with Crippen molar-refractivity contribution in [2.45, 2.75) is 27.2 Å². The first-order valence-corrected chi connectivity index (χ1v) is 20.2. The number of hydrogen-bond acceptors (Lipinski definition) is 4. The largest absolute Gasteiger partial charge is 0.292 e. The van der Waals surface area contributed by atoms with E-state index in [2.05, 4.69) is 135 Å². The summed E-state index contributed by atoms with van der Waals surface area (Å²) in [6.45, 7) is 11.5. The van der Waals surface area contributed by atoms with Crippen LogP contribution in [0.5, 0.6) is 0 Å². The highest BCUT2D eigenvalue weighted by Crippen LogP contribution is 2.39. The lowest BCUT2D eigenvalue weighted by Gasteiger charge is -2.17. The molecule has 0 unspecified atom stereocenters. The molecule has 5 heteroatoms. The van der Waals surface area contributed by atoms with Gasteiger partial charge in [-0.15, -0.1) is 0 Å². The summed E-state index contributed by atoms with van der Waals surface area (Å²) in [6.07, 6.45) is 9.36. The first-order chi connectivity index (χ1) is 29.0. The molecule has 60 heavy (non-hydrogen) atoms. The van der Waals surface area contributed by atoms with Crippen LogP contribution >= 0.6 is 13.5 Å². The van der Waals surface area contributed by atoms with Crippen molar-refractivity contribution in [3.05, 3.63) is 193 Å². The monoisotopic (exact) mass is 794 g/mol. The Morgan fingerprint density at radius 2 is 1.10 bits per heavy atom. The van der Waals surface area contributed by atoms with Crippen LogP contribution in [0.3, 0.4) is 0 Å². The van der Waals surface area contributed by atoms with Crippen molar-refractivity contribution in [1.82, 2.24) is 15.0 Å². The van der Waals surface area contributed by atoms with E-state index in [-0.39, 0.29) is 13.5 Å². The van der Waals surface area contributed by atoms with Crippen LogP contribution in [0.15, 0.2) is 175 Å². The highest BCUT2D eigenvalue weighted by molar-refractivity contribution is 7.59. The minimum atomic E-state index is 0. The predicted octanol–water partition coefficient (Wildman–Crippen LogP) is 14.4. The summed E-state index contributed by atoms with van der Waals surface area (Å²) >= 11 is 0. The molecule has 1 aliphatic rings. The number of aryl methyl sites for hydroxylation is 1. The Morgan fingerprint density at radius 3 is 1.63 bits per heavy atom. The maximum atomic E-state index is 5.12. The molecule has 9 rings (SSSR count). The molecule has 0 radical (unpaired) electrons. The van der Waals surface area contributed by atoms with Crippen LogP contribution in [0, 0.1) is 6.92 Å². The summed E-state index contributed by atoms with van der Waals surface area (Å²) in [4.78, 5) is 19.7. The maximum absolute atomic E-state index is 5.12. The highest BCUT2D eigenvalue weighted by atomic mass is 32.1. The lowest BCUT2D eigenvalue weighted by atomic mass is 9.87. The Hall–Kier alpha value is -6.95. The van der Waals surface area contributed by atoms with Gasteiger partial charge in [0.25, 0.3) is 0 Å². The lowest BCUT2D eigenvalue weighted by molar-refractivity contribution is 1.01. The third kappa shape index (κ3) is 7.92. The van der Waals surface area contributed by atoms with Gasteiger partial charge in [-0.3, -0.25) is 4.99 Å². The molecule has 8 aromatic rings. The van der Waals surface area contributed by atoms with E-state index in [1.807, 2.05) is 73.0 Å². The van der Waals surface area contributed by atoms with Gasteiger partial charge in [-0.05, 0) is 123 Å². The smallest absolute Gasteiger partial charge is 0.164 e. The molecule has 0 N–H and O–H groups in total. The van der Waals surface area contributed by atoms with E-state index in [9.17, 15) is 0 Å². The van der Waals surface area contributed by atoms with Crippen LogP contribution in [0.1, 0.15) is 42.5 Å². The van der Waals surface area contributed by atoms with Crippen molar-refractivity contribution in [1.29, 1.82) is 0 Å². The first kappa shape index (κ1) is 39.9. The van der Waals surface area contributed by atoms with Gasteiger partial charge in [0.2, 0.25) is 0 Å².